The molecule has 3 rings (SSSR count). The Morgan fingerprint density at radius 2 is 2.14 bits per heavy atom. The second-order valence-corrected chi connectivity index (χ2v) is 6.72. The quantitative estimate of drug-likeness (QED) is 0.626. The zero-order valence-electron chi connectivity index (χ0n) is 13.4. The first-order valence-electron chi connectivity index (χ1n) is 8.41. The summed E-state index contributed by atoms with van der Waals surface area (Å²) in [6.07, 6.45) is 7.73. The summed E-state index contributed by atoms with van der Waals surface area (Å²) in [5.41, 5.74) is 1.55. The van der Waals surface area contributed by atoms with Crippen LogP contribution in [0.4, 0.5) is 4.39 Å². The van der Waals surface area contributed by atoms with Gasteiger partial charge in [0.25, 0.3) is 0 Å². The Bertz CT molecular complexity index is 533. The van der Waals surface area contributed by atoms with E-state index < -0.39 is 0 Å². The first kappa shape index (κ1) is 15.3. The van der Waals surface area contributed by atoms with E-state index in [2.05, 4.69) is 15.6 Å². The summed E-state index contributed by atoms with van der Waals surface area (Å²) < 4.78 is 13.1. The fraction of sp³-hybridized carbons (Fsp3) is 0.611. The van der Waals surface area contributed by atoms with E-state index in [0.29, 0.717) is 5.41 Å². The van der Waals surface area contributed by atoms with Crippen LogP contribution in [0.2, 0.25) is 0 Å². The molecule has 0 aromatic heterocycles. The van der Waals surface area contributed by atoms with Crippen LogP contribution in [0.15, 0.2) is 29.3 Å². The van der Waals surface area contributed by atoms with E-state index in [0.717, 1.165) is 37.0 Å². The third kappa shape index (κ3) is 3.60. The van der Waals surface area contributed by atoms with E-state index in [1.165, 1.54) is 38.2 Å². The van der Waals surface area contributed by atoms with Gasteiger partial charge in [-0.15, -0.1) is 0 Å². The molecule has 0 amide bonds. The van der Waals surface area contributed by atoms with Crippen LogP contribution in [-0.2, 0) is 6.42 Å². The Morgan fingerprint density at radius 3 is 2.73 bits per heavy atom. The molecular formula is C18H26FN3. The fourth-order valence-corrected chi connectivity index (χ4v) is 3.55. The van der Waals surface area contributed by atoms with Crippen LogP contribution in [0.1, 0.15) is 37.7 Å². The van der Waals surface area contributed by atoms with E-state index in [1.807, 2.05) is 13.1 Å². The Hall–Kier alpha value is -1.58. The van der Waals surface area contributed by atoms with Crippen LogP contribution in [0.25, 0.3) is 0 Å². The summed E-state index contributed by atoms with van der Waals surface area (Å²) in [7, 11) is 1.81. The number of halogens is 1. The Labute approximate surface area is 132 Å². The molecular weight excluding hydrogens is 277 g/mol. The molecule has 4 heteroatoms. The minimum absolute atomic E-state index is 0.170. The van der Waals surface area contributed by atoms with Crippen LogP contribution >= 0.6 is 0 Å². The van der Waals surface area contributed by atoms with Gasteiger partial charge in [-0.3, -0.25) is 4.99 Å². The average Bonchev–Trinajstić information content (AvgIpc) is 3.29. The third-order valence-electron chi connectivity index (χ3n) is 5.22. The summed E-state index contributed by atoms with van der Waals surface area (Å²) in [4.78, 5) is 4.30. The van der Waals surface area contributed by atoms with E-state index in [9.17, 15) is 4.39 Å². The lowest BCUT2D eigenvalue weighted by atomic mass is 9.65. The number of nitrogens with one attached hydrogen (secondary N) is 2. The van der Waals surface area contributed by atoms with Crippen molar-refractivity contribution in [3.8, 4) is 0 Å². The predicted molar refractivity (Wildman–Crippen MR) is 88.5 cm³/mol. The number of guanidine groups is 1. The van der Waals surface area contributed by atoms with Crippen molar-refractivity contribution in [1.29, 1.82) is 0 Å². The molecule has 0 saturated heterocycles. The molecule has 2 N–H and O–H groups in total. The van der Waals surface area contributed by atoms with Crippen molar-refractivity contribution in [3.63, 3.8) is 0 Å². The summed E-state index contributed by atoms with van der Waals surface area (Å²) >= 11 is 0. The number of aliphatic imine (C=N–C) groups is 1. The monoisotopic (exact) mass is 303 g/mol. The van der Waals surface area contributed by atoms with Gasteiger partial charge in [0, 0.05) is 20.1 Å². The molecule has 0 bridgehead atoms. The second-order valence-electron chi connectivity index (χ2n) is 6.72. The zero-order valence-corrected chi connectivity index (χ0v) is 13.4. The molecule has 2 aliphatic rings. The van der Waals surface area contributed by atoms with Crippen molar-refractivity contribution in [2.24, 2.45) is 16.3 Å². The van der Waals surface area contributed by atoms with Crippen LogP contribution in [-0.4, -0.2) is 26.1 Å². The van der Waals surface area contributed by atoms with Gasteiger partial charge in [-0.2, -0.15) is 0 Å². The summed E-state index contributed by atoms with van der Waals surface area (Å²) in [5.74, 6) is 1.64. The van der Waals surface area contributed by atoms with E-state index in [1.54, 1.807) is 12.1 Å². The van der Waals surface area contributed by atoms with Crippen molar-refractivity contribution in [3.05, 3.63) is 35.6 Å². The van der Waals surface area contributed by atoms with Crippen molar-refractivity contribution in [2.75, 3.05) is 20.1 Å². The average molecular weight is 303 g/mol. The number of hydrogen-bond donors (Lipinski definition) is 2. The lowest BCUT2D eigenvalue weighted by Gasteiger charge is -2.43. The van der Waals surface area contributed by atoms with Crippen LogP contribution in [0.3, 0.4) is 0 Å². The molecule has 0 heterocycles. The molecule has 0 atom stereocenters. The maximum atomic E-state index is 13.1. The van der Waals surface area contributed by atoms with Gasteiger partial charge in [-0.1, -0.05) is 18.6 Å². The van der Waals surface area contributed by atoms with Crippen molar-refractivity contribution >= 4 is 5.96 Å². The third-order valence-corrected chi connectivity index (χ3v) is 5.22. The fourth-order valence-electron chi connectivity index (χ4n) is 3.55. The highest BCUT2D eigenvalue weighted by Gasteiger charge is 2.48. The van der Waals surface area contributed by atoms with Gasteiger partial charge >= 0.3 is 0 Å². The van der Waals surface area contributed by atoms with Crippen molar-refractivity contribution < 1.29 is 4.39 Å². The highest BCUT2D eigenvalue weighted by molar-refractivity contribution is 5.79. The molecule has 120 valence electrons. The van der Waals surface area contributed by atoms with E-state index in [4.69, 9.17) is 0 Å². The lowest BCUT2D eigenvalue weighted by molar-refractivity contribution is 0.106. The molecule has 3 nitrogen and oxygen atoms in total. The smallest absolute Gasteiger partial charge is 0.191 e. The molecule has 1 aromatic rings. The Balaban J connectivity index is 1.42. The minimum Gasteiger partial charge on any atom is -0.356 e. The maximum Gasteiger partial charge on any atom is 0.191 e. The SMILES string of the molecule is CN=C(NCCc1cccc(F)c1)NCC1(C2CC2)CCC1. The number of benzene rings is 1. The van der Waals surface area contributed by atoms with Crippen molar-refractivity contribution in [2.45, 2.75) is 38.5 Å². The Morgan fingerprint density at radius 1 is 1.32 bits per heavy atom. The first-order valence-corrected chi connectivity index (χ1v) is 8.41. The normalized spacial score (nSPS) is 20.4. The van der Waals surface area contributed by atoms with E-state index >= 15 is 0 Å². The molecule has 0 spiro atoms. The van der Waals surface area contributed by atoms with Gasteiger partial charge in [0.1, 0.15) is 5.82 Å². The molecule has 2 fully saturated rings. The van der Waals surface area contributed by atoms with Gasteiger partial charge in [0.15, 0.2) is 5.96 Å². The van der Waals surface area contributed by atoms with Crippen LogP contribution < -0.4 is 10.6 Å². The van der Waals surface area contributed by atoms with Crippen molar-refractivity contribution in [1.82, 2.24) is 10.6 Å². The molecule has 2 saturated carbocycles. The van der Waals surface area contributed by atoms with Crippen LogP contribution in [0.5, 0.6) is 0 Å². The summed E-state index contributed by atoms with van der Waals surface area (Å²) in [6, 6.07) is 6.78. The molecule has 22 heavy (non-hydrogen) atoms. The zero-order chi connectivity index (χ0) is 15.4. The lowest BCUT2D eigenvalue weighted by Crippen LogP contribution is -2.47. The maximum absolute atomic E-state index is 13.1. The second kappa shape index (κ2) is 6.67. The molecule has 0 aliphatic heterocycles. The van der Waals surface area contributed by atoms with Gasteiger partial charge in [0.05, 0.1) is 0 Å². The van der Waals surface area contributed by atoms with E-state index in [-0.39, 0.29) is 5.82 Å². The molecule has 0 unspecified atom stereocenters. The highest BCUT2D eigenvalue weighted by Crippen LogP contribution is 2.56. The Kier molecular flexibility index (Phi) is 4.65. The summed E-state index contributed by atoms with van der Waals surface area (Å²) in [6.45, 7) is 1.80. The number of hydrogen-bond acceptors (Lipinski definition) is 1. The minimum atomic E-state index is -0.170. The molecule has 2 aliphatic carbocycles. The van der Waals surface area contributed by atoms with Gasteiger partial charge in [-0.25, -0.2) is 4.39 Å². The van der Waals surface area contributed by atoms with Gasteiger partial charge in [0.2, 0.25) is 0 Å². The van der Waals surface area contributed by atoms with Gasteiger partial charge in [-0.05, 0) is 61.1 Å². The molecule has 1 aromatic carbocycles. The first-order chi connectivity index (χ1) is 10.7. The number of rotatable bonds is 6. The predicted octanol–water partition coefficient (Wildman–Crippen LogP) is 3.11. The van der Waals surface area contributed by atoms with Gasteiger partial charge < -0.3 is 10.6 Å². The standard InChI is InChI=1S/C18H26FN3/c1-20-17(21-11-8-14-4-2-5-16(19)12-14)22-13-18(9-3-10-18)15-6-7-15/h2,4-5,12,15H,3,6-11,13H2,1H3,(H2,20,21,22). The number of nitrogens with zero attached hydrogens (tertiary/aromatic N) is 1. The molecule has 0 radical (unpaired) electrons. The topological polar surface area (TPSA) is 36.4 Å². The van der Waals surface area contributed by atoms with Crippen LogP contribution in [0, 0.1) is 17.2 Å². The summed E-state index contributed by atoms with van der Waals surface area (Å²) in [5, 5.41) is 6.83. The highest BCUT2D eigenvalue weighted by atomic mass is 19.1. The largest absolute Gasteiger partial charge is 0.356 e.